The van der Waals surface area contributed by atoms with Gasteiger partial charge in [0.15, 0.2) is 0 Å². The monoisotopic (exact) mass is 272 g/mol. The maximum absolute atomic E-state index is 10.5. The second-order valence-corrected chi connectivity index (χ2v) is 5.20. The third-order valence-corrected chi connectivity index (χ3v) is 3.92. The zero-order valence-corrected chi connectivity index (χ0v) is 10.4. The molecule has 2 heterocycles. The highest BCUT2D eigenvalue weighted by Crippen LogP contribution is 2.34. The largest absolute Gasteiger partial charge is 0.433 e. The lowest BCUT2D eigenvalue weighted by molar-refractivity contribution is -0.402. The van der Waals surface area contributed by atoms with Crippen LogP contribution in [0.5, 0.6) is 0 Å². The van der Waals surface area contributed by atoms with Gasteiger partial charge >= 0.3 is 5.88 Å². The molecule has 0 aliphatic carbocycles. The number of furan rings is 1. The highest BCUT2D eigenvalue weighted by Gasteiger charge is 2.20. The van der Waals surface area contributed by atoms with Crippen molar-refractivity contribution in [2.45, 2.75) is 13.0 Å². The van der Waals surface area contributed by atoms with Crippen molar-refractivity contribution in [3.05, 3.63) is 48.9 Å². The maximum atomic E-state index is 10.5. The number of hydrogen-bond acceptors (Lipinski definition) is 5. The van der Waals surface area contributed by atoms with Gasteiger partial charge in [0.2, 0.25) is 0 Å². The van der Waals surface area contributed by atoms with Gasteiger partial charge in [-0.15, -0.1) is 11.3 Å². The molecule has 0 radical (unpaired) electrons. The number of hydrogen-bond donors (Lipinski definition) is 1. The molecule has 0 saturated carbocycles. The minimum atomic E-state index is -0.594. The summed E-state index contributed by atoms with van der Waals surface area (Å²) in [7, 11) is 0. The van der Waals surface area contributed by atoms with Gasteiger partial charge in [0.1, 0.15) is 10.7 Å². The molecule has 2 aromatic rings. The molecule has 90 valence electrons. The third kappa shape index (κ3) is 2.33. The van der Waals surface area contributed by atoms with Gasteiger partial charge in [-0.25, -0.2) is 0 Å². The van der Waals surface area contributed by atoms with Gasteiger partial charge in [0.25, 0.3) is 0 Å². The van der Waals surface area contributed by atoms with Crippen LogP contribution in [0.25, 0.3) is 0 Å². The van der Waals surface area contributed by atoms with Gasteiger partial charge in [0.05, 0.1) is 16.4 Å². The molecule has 17 heavy (non-hydrogen) atoms. The summed E-state index contributed by atoms with van der Waals surface area (Å²) in [5.74, 6) is 0.0458. The van der Waals surface area contributed by atoms with Crippen molar-refractivity contribution in [1.82, 2.24) is 0 Å². The van der Waals surface area contributed by atoms with E-state index in [-0.39, 0.29) is 5.88 Å². The Bertz CT molecular complexity index is 544. The maximum Gasteiger partial charge on any atom is 0.433 e. The second-order valence-electron chi connectivity index (χ2n) is 3.52. The predicted molar refractivity (Wildman–Crippen MR) is 65.5 cm³/mol. The Labute approximate surface area is 106 Å². The summed E-state index contributed by atoms with van der Waals surface area (Å²) >= 11 is 7.29. The summed E-state index contributed by atoms with van der Waals surface area (Å²) in [4.78, 5) is 10.7. The van der Waals surface area contributed by atoms with E-state index in [4.69, 9.17) is 21.8 Å². The van der Waals surface area contributed by atoms with Crippen LogP contribution in [0.4, 0.5) is 5.88 Å². The van der Waals surface area contributed by atoms with Crippen LogP contribution in [0.2, 0.25) is 4.34 Å². The van der Waals surface area contributed by atoms with Gasteiger partial charge < -0.3 is 10.2 Å². The highest BCUT2D eigenvalue weighted by molar-refractivity contribution is 7.16. The Morgan fingerprint density at radius 3 is 2.76 bits per heavy atom. The topological polar surface area (TPSA) is 82.3 Å². The van der Waals surface area contributed by atoms with Gasteiger partial charge in [-0.05, 0) is 24.6 Å². The fraction of sp³-hybridized carbons (Fsp3) is 0.200. The second kappa shape index (κ2) is 4.48. The molecule has 7 heteroatoms. The molecule has 0 spiro atoms. The number of nitro groups is 1. The number of nitrogens with zero attached hydrogens (tertiary/aromatic N) is 1. The van der Waals surface area contributed by atoms with Crippen molar-refractivity contribution in [3.63, 3.8) is 0 Å². The standard InChI is InChI=1S/C10H9ClN2O3S/c1-5-4-7(17-10(5)11)9(12)6-2-3-8(16-6)13(14)15/h2-4,9H,12H2,1H3. The van der Waals surface area contributed by atoms with E-state index in [2.05, 4.69) is 0 Å². The smallest absolute Gasteiger partial charge is 0.404 e. The molecule has 0 fully saturated rings. The van der Waals surface area contributed by atoms with Crippen LogP contribution in [0, 0.1) is 17.0 Å². The van der Waals surface area contributed by atoms with Crippen LogP contribution in [-0.4, -0.2) is 4.92 Å². The Morgan fingerprint density at radius 2 is 2.29 bits per heavy atom. The molecule has 0 aromatic carbocycles. The Hall–Kier alpha value is -1.37. The molecule has 0 amide bonds. The summed E-state index contributed by atoms with van der Waals surface area (Å²) in [5, 5.41) is 10.5. The Kier molecular flexibility index (Phi) is 3.19. The van der Waals surface area contributed by atoms with E-state index in [0.29, 0.717) is 10.1 Å². The molecule has 1 unspecified atom stereocenters. The van der Waals surface area contributed by atoms with Crippen LogP contribution in [0.1, 0.15) is 22.2 Å². The van der Waals surface area contributed by atoms with Crippen LogP contribution in [0.3, 0.4) is 0 Å². The number of aryl methyl sites for hydroxylation is 1. The van der Waals surface area contributed by atoms with Crippen molar-refractivity contribution in [2.24, 2.45) is 5.73 Å². The molecular formula is C10H9ClN2O3S. The zero-order valence-electron chi connectivity index (χ0n) is 8.84. The Balaban J connectivity index is 2.30. The van der Waals surface area contributed by atoms with Crippen LogP contribution >= 0.6 is 22.9 Å². The molecule has 0 aliphatic heterocycles. The lowest BCUT2D eigenvalue weighted by Gasteiger charge is -2.04. The van der Waals surface area contributed by atoms with E-state index in [9.17, 15) is 10.1 Å². The van der Waals surface area contributed by atoms with Crippen LogP contribution < -0.4 is 5.73 Å². The molecule has 2 aromatic heterocycles. The van der Waals surface area contributed by atoms with E-state index in [1.165, 1.54) is 23.5 Å². The first-order valence-electron chi connectivity index (χ1n) is 4.74. The van der Waals surface area contributed by atoms with Crippen molar-refractivity contribution in [3.8, 4) is 0 Å². The van der Waals surface area contributed by atoms with Gasteiger partial charge in [-0.2, -0.15) is 0 Å². The summed E-state index contributed by atoms with van der Waals surface area (Å²) < 4.78 is 5.71. The molecule has 5 nitrogen and oxygen atoms in total. The predicted octanol–water partition coefficient (Wildman–Crippen LogP) is 3.26. The number of rotatable bonds is 3. The van der Waals surface area contributed by atoms with Crippen molar-refractivity contribution in [1.29, 1.82) is 0 Å². The fourth-order valence-electron chi connectivity index (χ4n) is 1.38. The first kappa shape index (κ1) is 12.1. The number of halogens is 1. The molecule has 2 rings (SSSR count). The molecule has 1 atom stereocenters. The van der Waals surface area contributed by atoms with Crippen molar-refractivity contribution < 1.29 is 9.34 Å². The molecule has 0 saturated heterocycles. The minimum Gasteiger partial charge on any atom is -0.404 e. The summed E-state index contributed by atoms with van der Waals surface area (Å²) in [6, 6.07) is 4.12. The number of nitrogens with two attached hydrogens (primary N) is 1. The quantitative estimate of drug-likeness (QED) is 0.687. The van der Waals surface area contributed by atoms with E-state index in [1.807, 2.05) is 13.0 Å². The lowest BCUT2D eigenvalue weighted by Crippen LogP contribution is -2.08. The van der Waals surface area contributed by atoms with E-state index in [1.54, 1.807) is 0 Å². The van der Waals surface area contributed by atoms with Crippen LogP contribution in [0.15, 0.2) is 22.6 Å². The van der Waals surface area contributed by atoms with Gasteiger partial charge in [-0.1, -0.05) is 11.6 Å². The normalized spacial score (nSPS) is 12.6. The van der Waals surface area contributed by atoms with E-state index < -0.39 is 11.0 Å². The first-order chi connectivity index (χ1) is 7.99. The summed E-state index contributed by atoms with van der Waals surface area (Å²) in [6.07, 6.45) is 0. The van der Waals surface area contributed by atoms with E-state index >= 15 is 0 Å². The molecular weight excluding hydrogens is 264 g/mol. The van der Waals surface area contributed by atoms with Gasteiger partial charge in [-0.3, -0.25) is 10.1 Å². The highest BCUT2D eigenvalue weighted by atomic mass is 35.5. The van der Waals surface area contributed by atoms with Crippen LogP contribution in [-0.2, 0) is 0 Å². The third-order valence-electron chi connectivity index (χ3n) is 2.28. The molecule has 0 aliphatic rings. The minimum absolute atomic E-state index is 0.310. The number of thiophene rings is 1. The fourth-order valence-corrected chi connectivity index (χ4v) is 2.61. The molecule has 2 N–H and O–H groups in total. The zero-order chi connectivity index (χ0) is 12.6. The van der Waals surface area contributed by atoms with E-state index in [0.717, 1.165) is 10.4 Å². The van der Waals surface area contributed by atoms with Gasteiger partial charge in [0, 0.05) is 4.88 Å². The average molecular weight is 273 g/mol. The summed E-state index contributed by atoms with van der Waals surface area (Å²) in [6.45, 7) is 1.87. The Morgan fingerprint density at radius 1 is 1.59 bits per heavy atom. The SMILES string of the molecule is Cc1cc(C(N)c2ccc([N+](=O)[O-])o2)sc1Cl. The lowest BCUT2D eigenvalue weighted by atomic mass is 10.2. The molecule has 0 bridgehead atoms. The average Bonchev–Trinajstić information content (AvgIpc) is 2.86. The first-order valence-corrected chi connectivity index (χ1v) is 5.94. The van der Waals surface area contributed by atoms with Crippen molar-refractivity contribution >= 4 is 28.8 Å². The summed E-state index contributed by atoms with van der Waals surface area (Å²) in [5.41, 5.74) is 6.88. The van der Waals surface area contributed by atoms with Crippen molar-refractivity contribution in [2.75, 3.05) is 0 Å².